The van der Waals surface area contributed by atoms with Crippen molar-refractivity contribution in [2.75, 3.05) is 19.3 Å². The van der Waals surface area contributed by atoms with Gasteiger partial charge >= 0.3 is 0 Å². The van der Waals surface area contributed by atoms with Gasteiger partial charge in [-0.3, -0.25) is 10.1 Å². The molecule has 18 heavy (non-hydrogen) atoms. The molecule has 4 nitrogen and oxygen atoms in total. The number of nitro groups is 1. The first-order valence-corrected chi connectivity index (χ1v) is 7.18. The Morgan fingerprint density at radius 2 is 2.11 bits per heavy atom. The molecule has 0 bridgehead atoms. The lowest BCUT2D eigenvalue weighted by Crippen LogP contribution is -2.10. The number of thioether (sulfide) groups is 1. The van der Waals surface area contributed by atoms with E-state index in [2.05, 4.69) is 4.90 Å². The Morgan fingerprint density at radius 3 is 2.72 bits per heavy atom. The Bertz CT molecular complexity index is 468. The summed E-state index contributed by atoms with van der Waals surface area (Å²) in [6.07, 6.45) is 8.20. The normalized spacial score (nSPS) is 15.5. The Hall–Kier alpha value is -1.49. The van der Waals surface area contributed by atoms with E-state index in [1.54, 1.807) is 12.1 Å². The molecule has 1 aliphatic heterocycles. The monoisotopic (exact) mass is 264 g/mol. The van der Waals surface area contributed by atoms with Gasteiger partial charge in [-0.25, -0.2) is 0 Å². The third-order valence-electron chi connectivity index (χ3n) is 3.05. The predicted molar refractivity (Wildman–Crippen MR) is 74.7 cm³/mol. The lowest BCUT2D eigenvalue weighted by molar-refractivity contribution is -0.385. The molecule has 0 atom stereocenters. The van der Waals surface area contributed by atoms with Gasteiger partial charge in [0.05, 0.1) is 10.5 Å². The molecule has 1 heterocycles. The first-order chi connectivity index (χ1) is 8.72. The Kier molecular flexibility index (Phi) is 4.25. The second-order valence-corrected chi connectivity index (χ2v) is 5.06. The summed E-state index contributed by atoms with van der Waals surface area (Å²) in [5, 5.41) is 11.0. The molecule has 0 N–H and O–H groups in total. The maximum atomic E-state index is 11.0. The fraction of sp³-hybridized carbons (Fsp3) is 0.385. The second-order valence-electron chi connectivity index (χ2n) is 4.21. The summed E-state index contributed by atoms with van der Waals surface area (Å²) in [7, 11) is 0. The van der Waals surface area contributed by atoms with Gasteiger partial charge in [-0.05, 0) is 37.4 Å². The van der Waals surface area contributed by atoms with Crippen molar-refractivity contribution in [3.05, 3.63) is 40.1 Å². The fourth-order valence-corrected chi connectivity index (χ4v) is 2.71. The lowest BCUT2D eigenvalue weighted by Gasteiger charge is -2.11. The van der Waals surface area contributed by atoms with Crippen LogP contribution in [0.25, 0.3) is 6.08 Å². The van der Waals surface area contributed by atoms with E-state index in [1.807, 2.05) is 24.6 Å². The zero-order valence-corrected chi connectivity index (χ0v) is 11.2. The van der Waals surface area contributed by atoms with Gasteiger partial charge in [0.1, 0.15) is 0 Å². The summed E-state index contributed by atoms with van der Waals surface area (Å²) in [6, 6.07) is 5.21. The van der Waals surface area contributed by atoms with Crippen LogP contribution in [0.3, 0.4) is 0 Å². The van der Waals surface area contributed by atoms with Crippen LogP contribution in [0.1, 0.15) is 18.4 Å². The molecule has 0 aromatic heterocycles. The van der Waals surface area contributed by atoms with Crippen molar-refractivity contribution in [3.8, 4) is 0 Å². The van der Waals surface area contributed by atoms with Gasteiger partial charge in [-0.1, -0.05) is 6.07 Å². The van der Waals surface area contributed by atoms with Crippen molar-refractivity contribution in [2.45, 2.75) is 17.7 Å². The van der Waals surface area contributed by atoms with Gasteiger partial charge < -0.3 is 4.90 Å². The molecule has 1 aromatic carbocycles. The molecule has 0 unspecified atom stereocenters. The van der Waals surface area contributed by atoms with E-state index < -0.39 is 0 Å². The van der Waals surface area contributed by atoms with Gasteiger partial charge in [0, 0.05) is 24.1 Å². The summed E-state index contributed by atoms with van der Waals surface area (Å²) in [5.41, 5.74) is 0.888. The highest BCUT2D eigenvalue weighted by molar-refractivity contribution is 7.98. The van der Waals surface area contributed by atoms with Crippen molar-refractivity contribution in [3.63, 3.8) is 0 Å². The Morgan fingerprint density at radius 1 is 1.39 bits per heavy atom. The van der Waals surface area contributed by atoms with Crippen LogP contribution in [0.2, 0.25) is 0 Å². The molecule has 1 saturated heterocycles. The van der Waals surface area contributed by atoms with Gasteiger partial charge in [0.15, 0.2) is 0 Å². The maximum Gasteiger partial charge on any atom is 0.277 e. The third kappa shape index (κ3) is 2.85. The molecule has 2 rings (SSSR count). The molecule has 0 spiro atoms. The Labute approximate surface area is 111 Å². The molecule has 0 amide bonds. The van der Waals surface area contributed by atoms with Crippen LogP contribution < -0.4 is 0 Å². The van der Waals surface area contributed by atoms with Crippen molar-refractivity contribution >= 4 is 23.5 Å². The molecule has 0 radical (unpaired) electrons. The quantitative estimate of drug-likeness (QED) is 0.475. The summed E-state index contributed by atoms with van der Waals surface area (Å²) in [6.45, 7) is 2.09. The van der Waals surface area contributed by atoms with Gasteiger partial charge in [-0.15, -0.1) is 11.8 Å². The van der Waals surface area contributed by atoms with E-state index >= 15 is 0 Å². The summed E-state index contributed by atoms with van der Waals surface area (Å²) in [4.78, 5) is 13.9. The molecule has 96 valence electrons. The molecule has 1 aliphatic rings. The zero-order chi connectivity index (χ0) is 13.0. The number of nitro benzene ring substituents is 1. The highest BCUT2D eigenvalue weighted by atomic mass is 32.2. The number of nitrogens with zero attached hydrogens (tertiary/aromatic N) is 2. The number of likely N-dealkylation sites (tertiary alicyclic amines) is 1. The van der Waals surface area contributed by atoms with Crippen LogP contribution >= 0.6 is 11.8 Å². The van der Waals surface area contributed by atoms with E-state index in [-0.39, 0.29) is 10.6 Å². The van der Waals surface area contributed by atoms with Crippen molar-refractivity contribution in [2.24, 2.45) is 0 Å². The lowest BCUT2D eigenvalue weighted by atomic mass is 10.2. The third-order valence-corrected chi connectivity index (χ3v) is 3.85. The topological polar surface area (TPSA) is 46.4 Å². The van der Waals surface area contributed by atoms with Crippen LogP contribution in [0.4, 0.5) is 5.69 Å². The van der Waals surface area contributed by atoms with Crippen molar-refractivity contribution in [1.82, 2.24) is 4.90 Å². The first kappa shape index (κ1) is 13.0. The minimum absolute atomic E-state index is 0.178. The first-order valence-electron chi connectivity index (χ1n) is 5.96. The molecule has 1 fully saturated rings. The highest BCUT2D eigenvalue weighted by Gasteiger charge is 2.15. The molecule has 0 aliphatic carbocycles. The van der Waals surface area contributed by atoms with E-state index in [1.165, 1.54) is 24.6 Å². The van der Waals surface area contributed by atoms with E-state index in [0.29, 0.717) is 5.56 Å². The molecule has 0 saturated carbocycles. The predicted octanol–water partition coefficient (Wildman–Crippen LogP) is 3.38. The smallest absolute Gasteiger partial charge is 0.277 e. The summed E-state index contributed by atoms with van der Waals surface area (Å²) >= 11 is 1.54. The van der Waals surface area contributed by atoms with E-state index in [4.69, 9.17) is 0 Å². The van der Waals surface area contributed by atoms with Crippen molar-refractivity contribution < 1.29 is 4.92 Å². The number of hydrogen-bond acceptors (Lipinski definition) is 4. The zero-order valence-electron chi connectivity index (χ0n) is 10.3. The van der Waals surface area contributed by atoms with Gasteiger partial charge in [0.25, 0.3) is 5.69 Å². The minimum Gasteiger partial charge on any atom is -0.377 e. The molecular weight excluding hydrogens is 248 g/mol. The van der Waals surface area contributed by atoms with Crippen LogP contribution in [-0.2, 0) is 0 Å². The van der Waals surface area contributed by atoms with Crippen LogP contribution in [-0.4, -0.2) is 29.2 Å². The largest absolute Gasteiger partial charge is 0.377 e. The maximum absolute atomic E-state index is 11.0. The standard InChI is InChI=1S/C13H16N2O2S/c1-18-13-6-4-5-12(15(16)17)11(13)7-10-14-8-2-3-9-14/h4-7,10H,2-3,8-9H2,1H3/b10-7+. The van der Waals surface area contributed by atoms with Crippen LogP contribution in [0, 0.1) is 10.1 Å². The number of benzene rings is 1. The molecule has 1 aromatic rings. The molecule has 5 heteroatoms. The second kappa shape index (κ2) is 5.91. The number of hydrogen-bond donors (Lipinski definition) is 0. The van der Waals surface area contributed by atoms with Crippen LogP contribution in [0.5, 0.6) is 0 Å². The van der Waals surface area contributed by atoms with Crippen molar-refractivity contribution in [1.29, 1.82) is 0 Å². The van der Waals surface area contributed by atoms with Crippen LogP contribution in [0.15, 0.2) is 29.3 Å². The molecular formula is C13H16N2O2S. The fourth-order valence-electron chi connectivity index (χ4n) is 2.11. The number of rotatable bonds is 4. The summed E-state index contributed by atoms with van der Waals surface area (Å²) < 4.78 is 0. The van der Waals surface area contributed by atoms with E-state index in [9.17, 15) is 10.1 Å². The summed E-state index contributed by atoms with van der Waals surface area (Å²) in [5.74, 6) is 0. The highest BCUT2D eigenvalue weighted by Crippen LogP contribution is 2.30. The average Bonchev–Trinajstić information content (AvgIpc) is 2.88. The Balaban J connectivity index is 2.31. The van der Waals surface area contributed by atoms with Gasteiger partial charge in [0.2, 0.25) is 0 Å². The average molecular weight is 264 g/mol. The van der Waals surface area contributed by atoms with E-state index in [0.717, 1.165) is 18.0 Å². The van der Waals surface area contributed by atoms with Gasteiger partial charge in [-0.2, -0.15) is 0 Å². The SMILES string of the molecule is CSc1cccc([N+](=O)[O-])c1/C=C/N1CCCC1. The minimum atomic E-state index is -0.316.